The molecule has 12 aromatic rings. The lowest BCUT2D eigenvalue weighted by molar-refractivity contribution is 0.0973. The molecule has 16 heterocycles. The van der Waals surface area contributed by atoms with Crippen LogP contribution in [-0.2, 0) is 52.2 Å². The van der Waals surface area contributed by atoms with Gasteiger partial charge in [0.25, 0.3) is 0 Å². The third-order valence-corrected chi connectivity index (χ3v) is 33.3. The van der Waals surface area contributed by atoms with E-state index < -0.39 is 26.7 Å². The van der Waals surface area contributed by atoms with Gasteiger partial charge in [-0.3, -0.25) is 8.80 Å². The zero-order valence-corrected chi connectivity index (χ0v) is 79.8. The molecule has 132 heavy (non-hydrogen) atoms. The van der Waals surface area contributed by atoms with Crippen LogP contribution >= 0.6 is 92.8 Å². The van der Waals surface area contributed by atoms with Crippen LogP contribution in [0, 0.1) is 44.3 Å². The molecule has 8 fully saturated rings. The minimum atomic E-state index is -4.21. The topological polar surface area (TPSA) is 483 Å². The van der Waals surface area contributed by atoms with Crippen LogP contribution < -0.4 is 52.8 Å². The molecule has 4 spiro atoms. The molecule has 8 aliphatic rings. The van der Waals surface area contributed by atoms with Gasteiger partial charge >= 0.3 is 0 Å². The molecule has 0 saturated carbocycles. The second kappa shape index (κ2) is 37.4. The Labute approximate surface area is 800 Å². The molecule has 20 rings (SSSR count). The van der Waals surface area contributed by atoms with Crippen LogP contribution in [0.15, 0.2) is 120 Å². The number of anilines is 4. The number of halogens is 8. The van der Waals surface area contributed by atoms with E-state index in [-0.39, 0.29) is 124 Å². The van der Waals surface area contributed by atoms with Crippen molar-refractivity contribution in [3.63, 3.8) is 0 Å². The van der Waals surface area contributed by atoms with E-state index in [0.29, 0.717) is 157 Å². The zero-order valence-electron chi connectivity index (χ0n) is 72.1. The van der Waals surface area contributed by atoms with Crippen molar-refractivity contribution >= 4 is 159 Å². The number of benzene rings is 4. The Morgan fingerprint density at radius 2 is 0.667 bits per heavy atom. The third-order valence-electron chi connectivity index (χ3n) is 28.2. The van der Waals surface area contributed by atoms with Gasteiger partial charge in [-0.1, -0.05) is 141 Å². The standard InChI is InChI=1S/C23H24Cl2N6O2.C22H26Cl2N6O4S.C22H22Cl2N6O.C21H24Cl2N6O3S/c1-13-21(27)23(12-33-13)5-7-30(8-6-23)18-9-14(10-26)19(15-3-2-4-16(24)20(15)25)22-29-28-17(11-32)31(18)22;1-12-20(25)22(11-34-12)5-7-29(8-6-22)17-9-15(35(26,32)33)18(13-3-2-4-14(23)19(13)24)21-28-27-16(10-31)30(17)21;1-13-20(26)22(11-31-13)5-7-29(8-6-22)17-9-14(10-25)18(21-27-12-28-30(17)21)15-3-2-4-16(23)19(15)24;1-12-19(24)21(10-32-12)5-7-28(8-6-21)16-9-15(33(25,30)31)17(20-26-11-27-29(16)20)13-3-2-4-14(22)18(13)23/h2-4,9,13,21,32H,5-8,11-12,27H2,1H3;2-4,9,12,20,31H,5-8,10-11,25H2,1H3,(H2,26,32,33);2-4,9,12-13,20H,5-8,11,26H2,1H3;2-4,9,11-12,19H,5-8,10,24H2,1H3,(H2,25,30,31). The lowest BCUT2D eigenvalue weighted by atomic mass is 9.73. The van der Waals surface area contributed by atoms with E-state index in [1.54, 1.807) is 78.5 Å². The first-order valence-electron chi connectivity index (χ1n) is 42.9. The molecule has 8 atom stereocenters. The Morgan fingerprint density at radius 1 is 0.402 bits per heavy atom. The molecule has 696 valence electrons. The molecule has 44 heteroatoms. The fourth-order valence-electron chi connectivity index (χ4n) is 20.3. The molecule has 8 saturated heterocycles. The average molecular weight is 2000 g/mol. The fourth-order valence-corrected chi connectivity index (χ4v) is 23.4. The molecule has 8 unspecified atom stereocenters. The van der Waals surface area contributed by atoms with Crippen molar-refractivity contribution in [1.82, 2.24) is 58.4 Å². The summed E-state index contributed by atoms with van der Waals surface area (Å²) in [5.41, 5.74) is 31.7. The summed E-state index contributed by atoms with van der Waals surface area (Å²) in [6, 6.07) is 31.8. The SMILES string of the molecule is CC1OCC2(CCN(c3cc(C#N)c(-c4cccc(Cl)c4Cl)c4ncnn34)CC2)C1N.CC1OCC2(CCN(c3cc(C#N)c(-c4cccc(Cl)c4Cl)c4nnc(CO)n34)CC2)C1N.CC1OCC2(CCN(c3cc(S(N)(=O)=O)c(-c4cccc(Cl)c4Cl)c4ncnn34)CC2)C1N.CC1OCC2(CCN(c3cc(S(N)(=O)=O)c(-c4cccc(Cl)c4Cl)c4nnc(CO)n34)CC2)C1N. The molecule has 0 bridgehead atoms. The number of ether oxygens (including phenoxy) is 4. The van der Waals surface area contributed by atoms with E-state index >= 15 is 0 Å². The predicted octanol–water partition coefficient (Wildman–Crippen LogP) is 12.2. The Morgan fingerprint density at radius 3 is 0.970 bits per heavy atom. The van der Waals surface area contributed by atoms with Crippen molar-refractivity contribution in [3.8, 4) is 56.6 Å². The van der Waals surface area contributed by atoms with Crippen molar-refractivity contribution in [3.05, 3.63) is 173 Å². The van der Waals surface area contributed by atoms with Gasteiger partial charge in [-0.05, 0) is 115 Å². The summed E-state index contributed by atoms with van der Waals surface area (Å²) in [6.45, 7) is 15.6. The van der Waals surface area contributed by atoms with Gasteiger partial charge in [0, 0.05) is 155 Å². The smallest absolute Gasteiger partial charge is 0.238 e. The number of piperidine rings is 4. The molecular formula is C88H96Cl8N24O10S2. The molecule has 0 radical (unpaired) electrons. The quantitative estimate of drug-likeness (QED) is 0.0563. The van der Waals surface area contributed by atoms with Crippen molar-refractivity contribution in [2.45, 2.75) is 151 Å². The third kappa shape index (κ3) is 17.0. The summed E-state index contributed by atoms with van der Waals surface area (Å²) in [6.07, 6.45) is 9.80. The van der Waals surface area contributed by atoms with Crippen LogP contribution in [0.1, 0.15) is 102 Å². The Bertz CT molecular complexity index is 6800. The second-order valence-electron chi connectivity index (χ2n) is 35.2. The largest absolute Gasteiger partial charge is 0.388 e. The van der Waals surface area contributed by atoms with Gasteiger partial charge in [0.15, 0.2) is 34.2 Å². The number of aromatic nitrogens is 12. The summed E-state index contributed by atoms with van der Waals surface area (Å²) in [4.78, 5) is 17.1. The summed E-state index contributed by atoms with van der Waals surface area (Å²) >= 11 is 50.8. The maximum atomic E-state index is 12.8. The minimum absolute atomic E-state index is 0.00426. The number of aliphatic hydroxyl groups excluding tert-OH is 2. The molecule has 34 nitrogen and oxygen atoms in total. The molecule has 0 amide bonds. The van der Waals surface area contributed by atoms with Gasteiger partial charge in [0.2, 0.25) is 20.0 Å². The normalized spacial score (nSPS) is 22.6. The van der Waals surface area contributed by atoms with Crippen LogP contribution in [0.5, 0.6) is 0 Å². The molecule has 4 aromatic carbocycles. The Hall–Kier alpha value is -8.72. The molecule has 8 aromatic heterocycles. The van der Waals surface area contributed by atoms with E-state index in [4.69, 9.17) is 145 Å². The maximum absolute atomic E-state index is 12.8. The molecule has 14 N–H and O–H groups in total. The highest BCUT2D eigenvalue weighted by atomic mass is 35.5. The highest BCUT2D eigenvalue weighted by Crippen LogP contribution is 2.51. The summed E-state index contributed by atoms with van der Waals surface area (Å²) in [5.74, 6) is 3.33. The van der Waals surface area contributed by atoms with Crippen LogP contribution in [0.2, 0.25) is 40.2 Å². The first-order chi connectivity index (χ1) is 63.0. The highest BCUT2D eigenvalue weighted by molar-refractivity contribution is 7.89. The summed E-state index contributed by atoms with van der Waals surface area (Å²) < 4.78 is 81.2. The summed E-state index contributed by atoms with van der Waals surface area (Å²) in [7, 11) is -8.34. The number of pyridine rings is 4. The van der Waals surface area contributed by atoms with Crippen LogP contribution in [0.4, 0.5) is 23.3 Å². The average Bonchev–Trinajstić information content (AvgIpc) is 1.45. The highest BCUT2D eigenvalue weighted by Gasteiger charge is 2.52. The number of rotatable bonds is 12. The maximum Gasteiger partial charge on any atom is 0.238 e. The van der Waals surface area contributed by atoms with Crippen LogP contribution in [0.25, 0.3) is 67.1 Å². The Balaban J connectivity index is 0.000000123. The van der Waals surface area contributed by atoms with Crippen LogP contribution in [0.3, 0.4) is 0 Å². The number of nitriles is 2. The molecule has 8 aliphatic heterocycles. The number of sulfonamides is 2. The second-order valence-corrected chi connectivity index (χ2v) is 41.4. The number of fused-ring (bicyclic) bond motifs is 4. The number of nitrogens with two attached hydrogens (primary N) is 6. The number of hydrogen-bond donors (Lipinski definition) is 8. The van der Waals surface area contributed by atoms with E-state index in [1.165, 1.54) is 24.8 Å². The van der Waals surface area contributed by atoms with Crippen molar-refractivity contribution in [1.29, 1.82) is 10.5 Å². The van der Waals surface area contributed by atoms with Crippen LogP contribution in [-0.4, -0.2) is 213 Å². The predicted molar refractivity (Wildman–Crippen MR) is 507 cm³/mol. The van der Waals surface area contributed by atoms with E-state index in [1.807, 2.05) is 56.9 Å². The first-order valence-corrected chi connectivity index (χ1v) is 49.1. The monoisotopic (exact) mass is 1990 g/mol. The molecule has 0 aliphatic carbocycles. The van der Waals surface area contributed by atoms with Gasteiger partial charge in [0.05, 0.1) is 112 Å². The van der Waals surface area contributed by atoms with Crippen molar-refractivity contribution in [2.24, 2.45) is 54.9 Å². The van der Waals surface area contributed by atoms with E-state index in [2.05, 4.69) is 67.4 Å². The minimum Gasteiger partial charge on any atom is -0.388 e. The lowest BCUT2D eigenvalue weighted by Gasteiger charge is -2.42. The van der Waals surface area contributed by atoms with E-state index in [9.17, 15) is 37.6 Å². The van der Waals surface area contributed by atoms with Gasteiger partial charge in [-0.15, -0.1) is 20.4 Å². The number of hydrogen-bond acceptors (Lipinski definition) is 28. The van der Waals surface area contributed by atoms with Gasteiger partial charge in [-0.2, -0.15) is 29.8 Å². The summed E-state index contributed by atoms with van der Waals surface area (Å²) in [5, 5.41) is 79.4. The van der Waals surface area contributed by atoms with Crippen molar-refractivity contribution < 1.29 is 46.0 Å². The van der Waals surface area contributed by atoms with E-state index in [0.717, 1.165) is 89.2 Å². The number of aliphatic hydroxyl groups is 2. The zero-order chi connectivity index (χ0) is 93.7. The van der Waals surface area contributed by atoms with Crippen molar-refractivity contribution in [2.75, 3.05) is 98.4 Å². The first kappa shape index (κ1) is 95.0. The molecular weight excluding hydrogens is 1900 g/mol. The van der Waals surface area contributed by atoms with Gasteiger partial charge in [0.1, 0.15) is 61.3 Å². The van der Waals surface area contributed by atoms with Gasteiger partial charge < -0.3 is 71.7 Å². The fraction of sp³-hybridized carbons (Fsp3) is 0.432. The number of nitrogens with zero attached hydrogens (tertiary/aromatic N) is 18. The number of primary sulfonamides is 2. The lowest BCUT2D eigenvalue weighted by Crippen LogP contribution is -2.51. The Kier molecular flexibility index (Phi) is 26.9. The van der Waals surface area contributed by atoms with Gasteiger partial charge in [-0.25, -0.2) is 37.1 Å².